The van der Waals surface area contributed by atoms with Gasteiger partial charge in [-0.3, -0.25) is 0 Å². The molecule has 1 N–H and O–H groups in total. The average Bonchev–Trinajstić information content (AvgIpc) is 2.26. The minimum absolute atomic E-state index is 0.463. The molecule has 0 radical (unpaired) electrons. The van der Waals surface area contributed by atoms with E-state index < -0.39 is 0 Å². The third-order valence-electron chi connectivity index (χ3n) is 2.25. The quantitative estimate of drug-likeness (QED) is 0.776. The Morgan fingerprint density at radius 2 is 2.27 bits per heavy atom. The Bertz CT molecular complexity index is 289. The molecule has 1 aromatic heterocycles. The Morgan fingerprint density at radius 1 is 1.47 bits per heavy atom. The second-order valence-corrected chi connectivity index (χ2v) is 3.73. The van der Waals surface area contributed by atoms with Gasteiger partial charge in [0.15, 0.2) is 0 Å². The number of methoxy groups -OCH3 is 1. The first-order chi connectivity index (χ1) is 7.26. The van der Waals surface area contributed by atoms with Crippen molar-refractivity contribution in [3.8, 4) is 5.88 Å². The molecule has 0 saturated heterocycles. The Balaban J connectivity index is 2.48. The second-order valence-electron chi connectivity index (χ2n) is 3.73. The van der Waals surface area contributed by atoms with Gasteiger partial charge in [0.1, 0.15) is 0 Å². The molecular formula is C12H20N2O. The first-order valence-corrected chi connectivity index (χ1v) is 5.49. The van der Waals surface area contributed by atoms with Crippen LogP contribution in [0.2, 0.25) is 0 Å². The summed E-state index contributed by atoms with van der Waals surface area (Å²) in [6.45, 7) is 5.41. The highest BCUT2D eigenvalue weighted by atomic mass is 16.5. The van der Waals surface area contributed by atoms with Gasteiger partial charge in [-0.2, -0.15) is 0 Å². The number of rotatable bonds is 6. The van der Waals surface area contributed by atoms with Crippen LogP contribution in [0.3, 0.4) is 0 Å². The van der Waals surface area contributed by atoms with Crippen LogP contribution in [0.25, 0.3) is 0 Å². The van der Waals surface area contributed by atoms with Crippen molar-refractivity contribution in [1.29, 1.82) is 0 Å². The van der Waals surface area contributed by atoms with Gasteiger partial charge in [-0.05, 0) is 26.0 Å². The number of nitrogens with one attached hydrogen (secondary N) is 1. The normalized spacial score (nSPS) is 12.5. The third-order valence-corrected chi connectivity index (χ3v) is 2.25. The van der Waals surface area contributed by atoms with Crippen LogP contribution in [0.15, 0.2) is 18.2 Å². The minimum atomic E-state index is 0.463. The van der Waals surface area contributed by atoms with Gasteiger partial charge < -0.3 is 10.1 Å². The van der Waals surface area contributed by atoms with Crippen molar-refractivity contribution >= 4 is 0 Å². The first kappa shape index (κ1) is 12.0. The van der Waals surface area contributed by atoms with Crippen LogP contribution in [0.1, 0.15) is 26.0 Å². The highest BCUT2D eigenvalue weighted by Gasteiger charge is 2.04. The van der Waals surface area contributed by atoms with Crippen molar-refractivity contribution < 1.29 is 4.74 Å². The lowest BCUT2D eigenvalue weighted by Gasteiger charge is -2.12. The van der Waals surface area contributed by atoms with Crippen LogP contribution < -0.4 is 10.1 Å². The van der Waals surface area contributed by atoms with Crippen molar-refractivity contribution in [3.05, 3.63) is 23.9 Å². The van der Waals surface area contributed by atoms with Crippen molar-refractivity contribution in [2.45, 2.75) is 32.7 Å². The maximum atomic E-state index is 5.09. The number of pyridine rings is 1. The van der Waals surface area contributed by atoms with Crippen molar-refractivity contribution in [1.82, 2.24) is 10.3 Å². The summed E-state index contributed by atoms with van der Waals surface area (Å²) < 4.78 is 5.09. The van der Waals surface area contributed by atoms with Crippen LogP contribution in [-0.4, -0.2) is 24.7 Å². The molecule has 1 rings (SSSR count). The van der Waals surface area contributed by atoms with Crippen LogP contribution in [0, 0.1) is 0 Å². The molecule has 1 heterocycles. The van der Waals surface area contributed by atoms with Crippen molar-refractivity contribution in [2.24, 2.45) is 0 Å². The SMILES string of the molecule is CCCNC(C)Cc1cccc(OC)n1. The molecule has 1 aromatic rings. The van der Waals surface area contributed by atoms with Gasteiger partial charge in [-0.15, -0.1) is 0 Å². The fourth-order valence-electron chi connectivity index (χ4n) is 1.46. The largest absolute Gasteiger partial charge is 0.481 e. The summed E-state index contributed by atoms with van der Waals surface area (Å²) in [4.78, 5) is 4.38. The molecule has 1 atom stereocenters. The Kier molecular flexibility index (Phi) is 5.12. The van der Waals surface area contributed by atoms with Gasteiger partial charge in [-0.1, -0.05) is 13.0 Å². The van der Waals surface area contributed by atoms with E-state index in [1.807, 2.05) is 18.2 Å². The Labute approximate surface area is 91.9 Å². The third kappa shape index (κ3) is 4.30. The molecule has 1 unspecified atom stereocenters. The van der Waals surface area contributed by atoms with E-state index in [4.69, 9.17) is 4.74 Å². The average molecular weight is 208 g/mol. The van der Waals surface area contributed by atoms with E-state index in [1.54, 1.807) is 7.11 Å². The molecule has 0 aliphatic heterocycles. The van der Waals surface area contributed by atoms with E-state index in [-0.39, 0.29) is 0 Å². The zero-order valence-electron chi connectivity index (χ0n) is 9.79. The molecule has 0 aromatic carbocycles. The van der Waals surface area contributed by atoms with Gasteiger partial charge in [0.2, 0.25) is 5.88 Å². The van der Waals surface area contributed by atoms with Crippen molar-refractivity contribution in [2.75, 3.05) is 13.7 Å². The molecule has 15 heavy (non-hydrogen) atoms. The summed E-state index contributed by atoms with van der Waals surface area (Å²) in [7, 11) is 1.64. The maximum absolute atomic E-state index is 5.09. The van der Waals surface area contributed by atoms with Gasteiger partial charge in [0.05, 0.1) is 7.11 Å². The van der Waals surface area contributed by atoms with Crippen LogP contribution in [0.4, 0.5) is 0 Å². The molecule has 0 bridgehead atoms. The number of ether oxygens (including phenoxy) is 1. The summed E-state index contributed by atoms with van der Waals surface area (Å²) in [5, 5.41) is 3.44. The first-order valence-electron chi connectivity index (χ1n) is 5.49. The molecular weight excluding hydrogens is 188 g/mol. The molecule has 3 nitrogen and oxygen atoms in total. The van der Waals surface area contributed by atoms with Gasteiger partial charge in [0.25, 0.3) is 0 Å². The predicted molar refractivity (Wildman–Crippen MR) is 62.2 cm³/mol. The molecule has 0 saturated carbocycles. The smallest absolute Gasteiger partial charge is 0.213 e. The molecule has 0 fully saturated rings. The lowest BCUT2D eigenvalue weighted by atomic mass is 10.1. The maximum Gasteiger partial charge on any atom is 0.213 e. The van der Waals surface area contributed by atoms with Gasteiger partial charge in [-0.25, -0.2) is 4.98 Å². The molecule has 3 heteroatoms. The topological polar surface area (TPSA) is 34.1 Å². The highest BCUT2D eigenvalue weighted by molar-refractivity contribution is 5.16. The zero-order chi connectivity index (χ0) is 11.1. The fraction of sp³-hybridized carbons (Fsp3) is 0.583. The standard InChI is InChI=1S/C12H20N2O/c1-4-8-13-10(2)9-11-6-5-7-12(14-11)15-3/h5-7,10,13H,4,8-9H2,1-3H3. The summed E-state index contributed by atoms with van der Waals surface area (Å²) in [5.74, 6) is 0.690. The van der Waals surface area contributed by atoms with E-state index in [1.165, 1.54) is 0 Å². The Hall–Kier alpha value is -1.09. The number of nitrogens with zero attached hydrogens (tertiary/aromatic N) is 1. The van der Waals surface area contributed by atoms with Crippen LogP contribution in [0.5, 0.6) is 5.88 Å². The number of aromatic nitrogens is 1. The summed E-state index contributed by atoms with van der Waals surface area (Å²) in [6.07, 6.45) is 2.10. The summed E-state index contributed by atoms with van der Waals surface area (Å²) in [5.41, 5.74) is 1.07. The van der Waals surface area contributed by atoms with E-state index in [0.717, 1.165) is 25.1 Å². The summed E-state index contributed by atoms with van der Waals surface area (Å²) >= 11 is 0. The summed E-state index contributed by atoms with van der Waals surface area (Å²) in [6, 6.07) is 6.35. The van der Waals surface area contributed by atoms with Gasteiger partial charge >= 0.3 is 0 Å². The molecule has 84 valence electrons. The molecule has 0 aliphatic rings. The molecule has 0 aliphatic carbocycles. The predicted octanol–water partition coefficient (Wildman–Crippen LogP) is 2.02. The van der Waals surface area contributed by atoms with E-state index in [2.05, 4.69) is 24.1 Å². The molecule has 0 amide bonds. The minimum Gasteiger partial charge on any atom is -0.481 e. The highest BCUT2D eigenvalue weighted by Crippen LogP contribution is 2.08. The lowest BCUT2D eigenvalue weighted by molar-refractivity contribution is 0.395. The number of hydrogen-bond acceptors (Lipinski definition) is 3. The zero-order valence-corrected chi connectivity index (χ0v) is 9.79. The Morgan fingerprint density at radius 3 is 2.93 bits per heavy atom. The van der Waals surface area contributed by atoms with E-state index >= 15 is 0 Å². The van der Waals surface area contributed by atoms with E-state index in [9.17, 15) is 0 Å². The van der Waals surface area contributed by atoms with Crippen LogP contribution in [-0.2, 0) is 6.42 Å². The fourth-order valence-corrected chi connectivity index (χ4v) is 1.46. The monoisotopic (exact) mass is 208 g/mol. The van der Waals surface area contributed by atoms with Crippen molar-refractivity contribution in [3.63, 3.8) is 0 Å². The molecule has 0 spiro atoms. The number of hydrogen-bond donors (Lipinski definition) is 1. The van der Waals surface area contributed by atoms with Gasteiger partial charge in [0, 0.05) is 24.2 Å². The van der Waals surface area contributed by atoms with E-state index in [0.29, 0.717) is 11.9 Å². The van der Waals surface area contributed by atoms with Crippen LogP contribution >= 0.6 is 0 Å². The lowest BCUT2D eigenvalue weighted by Crippen LogP contribution is -2.28. The second kappa shape index (κ2) is 6.40.